The molecule has 0 radical (unpaired) electrons. The Morgan fingerprint density at radius 1 is 1.31 bits per heavy atom. The summed E-state index contributed by atoms with van der Waals surface area (Å²) in [5, 5.41) is 7.56. The molecule has 0 bridgehead atoms. The molecule has 0 amide bonds. The maximum absolute atomic E-state index is 14.0. The van der Waals surface area contributed by atoms with Crippen LogP contribution in [0.1, 0.15) is 12.8 Å². The second-order valence-electron chi connectivity index (χ2n) is 6.26. The zero-order valence-electron chi connectivity index (χ0n) is 13.9. The van der Waals surface area contributed by atoms with Crippen molar-refractivity contribution >= 4 is 27.3 Å². The number of nitrogens with one attached hydrogen (secondary N) is 1. The standard InChI is InChI=1S/C15H18ClF4N3O2S/c1-23(2)13-4-3-8(15(18,19)20)5-12(13)22-11-7-10(17)14(6-9(11)16)26(21,24)25/h3,6-7,12-13,22H,4-5H2,1-2H3,(H2,21,24,25)/t12-,13-/m0/s1. The van der Waals surface area contributed by atoms with Gasteiger partial charge in [0, 0.05) is 17.7 Å². The number of hydrogen-bond donors (Lipinski definition) is 2. The van der Waals surface area contributed by atoms with Gasteiger partial charge in [-0.25, -0.2) is 17.9 Å². The summed E-state index contributed by atoms with van der Waals surface area (Å²) in [4.78, 5) is 0.973. The summed E-state index contributed by atoms with van der Waals surface area (Å²) in [5.74, 6) is -1.14. The first-order valence-electron chi connectivity index (χ1n) is 7.51. The smallest absolute Gasteiger partial charge is 0.379 e. The van der Waals surface area contributed by atoms with Crippen molar-refractivity contribution in [2.45, 2.75) is 36.0 Å². The molecule has 0 aliphatic heterocycles. The molecule has 1 aliphatic rings. The lowest BCUT2D eigenvalue weighted by Gasteiger charge is -2.37. The lowest BCUT2D eigenvalue weighted by Crippen LogP contribution is -2.46. The topological polar surface area (TPSA) is 75.4 Å². The number of halogens is 5. The molecule has 0 saturated heterocycles. The number of likely N-dealkylation sites (N-methyl/N-ethyl adjacent to an activating group) is 1. The minimum atomic E-state index is -4.45. The van der Waals surface area contributed by atoms with Crippen molar-refractivity contribution in [1.29, 1.82) is 0 Å². The van der Waals surface area contributed by atoms with E-state index in [0.717, 1.165) is 18.2 Å². The molecular weight excluding hydrogens is 398 g/mol. The van der Waals surface area contributed by atoms with Crippen LogP contribution < -0.4 is 10.5 Å². The number of nitrogens with two attached hydrogens (primary N) is 1. The Labute approximate surface area is 153 Å². The van der Waals surface area contributed by atoms with Crippen molar-refractivity contribution in [1.82, 2.24) is 4.90 Å². The lowest BCUT2D eigenvalue weighted by atomic mass is 9.89. The van der Waals surface area contributed by atoms with Crippen LogP contribution in [0.4, 0.5) is 23.2 Å². The van der Waals surface area contributed by atoms with E-state index in [1.165, 1.54) is 0 Å². The predicted molar refractivity (Wildman–Crippen MR) is 91.0 cm³/mol. The molecule has 26 heavy (non-hydrogen) atoms. The molecular formula is C15H18ClF4N3O2S. The third kappa shape index (κ3) is 4.67. The van der Waals surface area contributed by atoms with Crippen molar-refractivity contribution in [3.05, 3.63) is 34.6 Å². The Bertz CT molecular complexity index is 825. The Morgan fingerprint density at radius 3 is 2.42 bits per heavy atom. The van der Waals surface area contributed by atoms with Crippen LogP contribution in [0.25, 0.3) is 0 Å². The molecule has 0 fully saturated rings. The van der Waals surface area contributed by atoms with Crippen molar-refractivity contribution in [3.8, 4) is 0 Å². The molecule has 0 aromatic heterocycles. The first-order chi connectivity index (χ1) is 11.8. The summed E-state index contributed by atoms with van der Waals surface area (Å²) in [5.41, 5.74) is -0.678. The molecule has 1 aliphatic carbocycles. The second kappa shape index (κ2) is 7.34. The highest BCUT2D eigenvalue weighted by molar-refractivity contribution is 7.89. The number of benzene rings is 1. The predicted octanol–water partition coefficient (Wildman–Crippen LogP) is 3.12. The van der Waals surface area contributed by atoms with Crippen LogP contribution in [-0.4, -0.2) is 45.7 Å². The SMILES string of the molecule is CN(C)[C@H]1CC=C(C(F)(F)F)C[C@@H]1Nc1cc(F)c(S(N)(=O)=O)cc1Cl. The Kier molecular flexibility index (Phi) is 5.91. The van der Waals surface area contributed by atoms with Gasteiger partial charge in [0.15, 0.2) is 0 Å². The quantitative estimate of drug-likeness (QED) is 0.585. The molecule has 0 saturated carbocycles. The third-order valence-corrected chi connectivity index (χ3v) is 5.45. The van der Waals surface area contributed by atoms with Crippen molar-refractivity contribution in [2.24, 2.45) is 5.14 Å². The van der Waals surface area contributed by atoms with E-state index >= 15 is 0 Å². The van der Waals surface area contributed by atoms with Gasteiger partial charge < -0.3 is 10.2 Å². The molecule has 2 atom stereocenters. The first-order valence-corrected chi connectivity index (χ1v) is 9.44. The fraction of sp³-hybridized carbons (Fsp3) is 0.467. The molecule has 0 heterocycles. The number of hydrogen-bond acceptors (Lipinski definition) is 4. The van der Waals surface area contributed by atoms with E-state index in [1.54, 1.807) is 19.0 Å². The van der Waals surface area contributed by atoms with Crippen LogP contribution in [-0.2, 0) is 10.0 Å². The molecule has 146 valence electrons. The largest absolute Gasteiger partial charge is 0.412 e. The van der Waals surface area contributed by atoms with E-state index in [-0.39, 0.29) is 29.6 Å². The van der Waals surface area contributed by atoms with Gasteiger partial charge in [-0.3, -0.25) is 0 Å². The first kappa shape index (κ1) is 20.9. The van der Waals surface area contributed by atoms with Gasteiger partial charge in [-0.1, -0.05) is 17.7 Å². The number of primary sulfonamides is 1. The molecule has 3 N–H and O–H groups in total. The Morgan fingerprint density at radius 2 is 1.92 bits per heavy atom. The van der Waals surface area contributed by atoms with Crippen LogP contribution in [0, 0.1) is 5.82 Å². The maximum atomic E-state index is 14.0. The number of nitrogens with zero attached hydrogens (tertiary/aromatic N) is 1. The summed E-state index contributed by atoms with van der Waals surface area (Å²) < 4.78 is 75.8. The van der Waals surface area contributed by atoms with Gasteiger partial charge in [-0.2, -0.15) is 13.2 Å². The highest BCUT2D eigenvalue weighted by atomic mass is 35.5. The van der Waals surface area contributed by atoms with Gasteiger partial charge >= 0.3 is 6.18 Å². The van der Waals surface area contributed by atoms with Crippen LogP contribution in [0.5, 0.6) is 0 Å². The molecule has 0 unspecified atom stereocenters. The monoisotopic (exact) mass is 415 g/mol. The summed E-state index contributed by atoms with van der Waals surface area (Å²) >= 11 is 5.98. The van der Waals surface area contributed by atoms with E-state index in [4.69, 9.17) is 16.7 Å². The molecule has 11 heteroatoms. The van der Waals surface area contributed by atoms with Crippen molar-refractivity contribution in [2.75, 3.05) is 19.4 Å². The molecule has 2 rings (SSSR count). The summed E-state index contributed by atoms with van der Waals surface area (Å²) in [7, 11) is -0.871. The molecule has 1 aromatic carbocycles. The van der Waals surface area contributed by atoms with Gasteiger partial charge in [0.2, 0.25) is 10.0 Å². The highest BCUT2D eigenvalue weighted by Crippen LogP contribution is 2.36. The molecule has 5 nitrogen and oxygen atoms in total. The Balaban J connectivity index is 2.36. The van der Waals surface area contributed by atoms with Crippen LogP contribution >= 0.6 is 11.6 Å². The van der Waals surface area contributed by atoms with E-state index in [0.29, 0.717) is 0 Å². The number of anilines is 1. The third-order valence-electron chi connectivity index (χ3n) is 4.21. The van der Waals surface area contributed by atoms with Gasteiger partial charge in [0.25, 0.3) is 0 Å². The van der Waals surface area contributed by atoms with E-state index < -0.39 is 38.5 Å². The summed E-state index contributed by atoms with van der Waals surface area (Å²) in [6.45, 7) is 0. The van der Waals surface area contributed by atoms with Crippen LogP contribution in [0.2, 0.25) is 5.02 Å². The maximum Gasteiger partial charge on any atom is 0.412 e. The van der Waals surface area contributed by atoms with Crippen LogP contribution in [0.3, 0.4) is 0 Å². The summed E-state index contributed by atoms with van der Waals surface area (Å²) in [6.07, 6.45) is -3.49. The second-order valence-corrected chi connectivity index (χ2v) is 8.19. The minimum Gasteiger partial charge on any atom is -0.379 e. The average molecular weight is 416 g/mol. The van der Waals surface area contributed by atoms with Gasteiger partial charge in [-0.15, -0.1) is 0 Å². The van der Waals surface area contributed by atoms with Gasteiger partial charge in [-0.05, 0) is 39.1 Å². The van der Waals surface area contributed by atoms with Gasteiger partial charge in [0.05, 0.1) is 10.7 Å². The Hall–Kier alpha value is -1.36. The number of rotatable bonds is 4. The van der Waals surface area contributed by atoms with E-state index in [2.05, 4.69) is 5.32 Å². The lowest BCUT2D eigenvalue weighted by molar-refractivity contribution is -0.0961. The van der Waals surface area contributed by atoms with Crippen molar-refractivity contribution < 1.29 is 26.0 Å². The summed E-state index contributed by atoms with van der Waals surface area (Å²) in [6, 6.07) is 0.658. The highest BCUT2D eigenvalue weighted by Gasteiger charge is 2.39. The van der Waals surface area contributed by atoms with Crippen molar-refractivity contribution in [3.63, 3.8) is 0 Å². The van der Waals surface area contributed by atoms with E-state index in [9.17, 15) is 26.0 Å². The fourth-order valence-corrected chi connectivity index (χ4v) is 3.79. The fourth-order valence-electron chi connectivity index (χ4n) is 2.89. The number of alkyl halides is 3. The van der Waals surface area contributed by atoms with Gasteiger partial charge in [0.1, 0.15) is 10.7 Å². The average Bonchev–Trinajstić information content (AvgIpc) is 2.48. The zero-order valence-corrected chi connectivity index (χ0v) is 15.5. The minimum absolute atomic E-state index is 0.00292. The number of sulfonamides is 1. The molecule has 0 spiro atoms. The molecule has 1 aromatic rings. The van der Waals surface area contributed by atoms with E-state index in [1.807, 2.05) is 0 Å². The zero-order chi connectivity index (χ0) is 19.9. The van der Waals surface area contributed by atoms with Crippen LogP contribution in [0.15, 0.2) is 28.7 Å². The normalized spacial score (nSPS) is 21.7.